The van der Waals surface area contributed by atoms with Crippen molar-refractivity contribution in [3.63, 3.8) is 0 Å². The number of imide groups is 2. The van der Waals surface area contributed by atoms with Crippen LogP contribution in [0.15, 0.2) is 96.6 Å². The first-order valence-corrected chi connectivity index (χ1v) is 14.7. The molecule has 0 radical (unpaired) electrons. The van der Waals surface area contributed by atoms with Crippen LogP contribution in [0.4, 0.5) is 16.2 Å². The number of hydrogen-bond donors (Lipinski definition) is 1. The molecule has 240 valence electrons. The van der Waals surface area contributed by atoms with Crippen molar-refractivity contribution in [1.29, 1.82) is 0 Å². The Morgan fingerprint density at radius 2 is 1.38 bits per heavy atom. The number of nitro benzene ring substituents is 1. The average molecular weight is 638 g/mol. The predicted molar refractivity (Wildman–Crippen MR) is 172 cm³/mol. The summed E-state index contributed by atoms with van der Waals surface area (Å²) in [7, 11) is 0. The molecule has 1 fully saturated rings. The minimum Gasteiger partial charge on any atom is -0.490 e. The number of amides is 4. The van der Waals surface area contributed by atoms with Crippen molar-refractivity contribution >= 4 is 35.3 Å². The van der Waals surface area contributed by atoms with Crippen molar-refractivity contribution in [1.82, 2.24) is 5.32 Å². The summed E-state index contributed by atoms with van der Waals surface area (Å²) in [6, 6.07) is 24.3. The molecule has 12 heteroatoms. The van der Waals surface area contributed by atoms with E-state index >= 15 is 0 Å². The fourth-order valence-electron chi connectivity index (χ4n) is 4.73. The van der Waals surface area contributed by atoms with Gasteiger partial charge in [0.15, 0.2) is 23.0 Å². The summed E-state index contributed by atoms with van der Waals surface area (Å²) in [4.78, 5) is 49.8. The third-order valence-corrected chi connectivity index (χ3v) is 6.92. The lowest BCUT2D eigenvalue weighted by molar-refractivity contribution is -0.384. The number of non-ortho nitro benzene ring substituents is 1. The van der Waals surface area contributed by atoms with Gasteiger partial charge in [-0.2, -0.15) is 0 Å². The van der Waals surface area contributed by atoms with Crippen LogP contribution in [0.1, 0.15) is 30.5 Å². The van der Waals surface area contributed by atoms with E-state index in [-0.39, 0.29) is 23.6 Å². The molecule has 0 unspecified atom stereocenters. The molecule has 0 bridgehead atoms. The van der Waals surface area contributed by atoms with E-state index in [1.165, 1.54) is 24.3 Å². The molecule has 0 atom stereocenters. The number of anilines is 1. The Hall–Kier alpha value is -6.17. The number of nitrogens with one attached hydrogen (secondary N) is 1. The van der Waals surface area contributed by atoms with Gasteiger partial charge in [0.05, 0.1) is 23.8 Å². The van der Waals surface area contributed by atoms with Gasteiger partial charge in [-0.25, -0.2) is 9.69 Å². The molecule has 1 heterocycles. The molecule has 1 N–H and O–H groups in total. The summed E-state index contributed by atoms with van der Waals surface area (Å²) >= 11 is 0. The first-order valence-electron chi connectivity index (χ1n) is 14.7. The van der Waals surface area contributed by atoms with Gasteiger partial charge in [-0.1, -0.05) is 48.5 Å². The van der Waals surface area contributed by atoms with Crippen molar-refractivity contribution in [2.45, 2.75) is 27.1 Å². The number of ether oxygens (including phenoxy) is 4. The molecule has 0 aromatic heterocycles. The van der Waals surface area contributed by atoms with Crippen LogP contribution in [0.2, 0.25) is 0 Å². The Labute approximate surface area is 270 Å². The van der Waals surface area contributed by atoms with Crippen LogP contribution >= 0.6 is 0 Å². The fraction of sp³-hybridized carbons (Fsp3) is 0.171. The van der Waals surface area contributed by atoms with Gasteiger partial charge in [-0.05, 0) is 66.9 Å². The summed E-state index contributed by atoms with van der Waals surface area (Å²) in [5.74, 6) is 0.151. The van der Waals surface area contributed by atoms with Gasteiger partial charge in [0.2, 0.25) is 0 Å². The summed E-state index contributed by atoms with van der Waals surface area (Å²) in [6.07, 6.45) is 1.31. The molecule has 47 heavy (non-hydrogen) atoms. The first-order chi connectivity index (χ1) is 22.8. The Morgan fingerprint density at radius 1 is 0.723 bits per heavy atom. The van der Waals surface area contributed by atoms with E-state index in [0.29, 0.717) is 53.3 Å². The standard InChI is InChI=1S/C35H31N3O9/c1-3-44-31-18-24(17-28-33(39)36-35(41)37(34(28)40)26-11-8-12-27(20-26)38(42)43)13-15-29(31)47-22-25-14-16-30(32(19-25)45-4-2)46-21-23-9-6-5-7-10-23/h5-20H,3-4,21-22H2,1-2H3,(H,36,39,41)/b28-17-. The lowest BCUT2D eigenvalue weighted by atomic mass is 10.1. The van der Waals surface area contributed by atoms with Crippen molar-refractivity contribution in [3.05, 3.63) is 123 Å². The van der Waals surface area contributed by atoms with E-state index in [2.05, 4.69) is 5.32 Å². The highest BCUT2D eigenvalue weighted by molar-refractivity contribution is 6.39. The van der Waals surface area contributed by atoms with E-state index in [1.54, 1.807) is 25.1 Å². The molecule has 12 nitrogen and oxygen atoms in total. The molecule has 4 aromatic rings. The maximum absolute atomic E-state index is 13.3. The third kappa shape index (κ3) is 7.74. The van der Waals surface area contributed by atoms with Crippen LogP contribution in [0.25, 0.3) is 6.08 Å². The fourth-order valence-corrected chi connectivity index (χ4v) is 4.73. The van der Waals surface area contributed by atoms with Crippen LogP contribution in [0.3, 0.4) is 0 Å². The topological polar surface area (TPSA) is 147 Å². The summed E-state index contributed by atoms with van der Waals surface area (Å²) in [5, 5.41) is 13.3. The zero-order chi connectivity index (χ0) is 33.3. The Bertz CT molecular complexity index is 1840. The zero-order valence-corrected chi connectivity index (χ0v) is 25.6. The smallest absolute Gasteiger partial charge is 0.335 e. The number of urea groups is 1. The number of nitrogens with zero attached hydrogens (tertiary/aromatic N) is 2. The number of carbonyl (C=O) groups is 3. The van der Waals surface area contributed by atoms with Gasteiger partial charge in [-0.3, -0.25) is 25.0 Å². The van der Waals surface area contributed by atoms with Gasteiger partial charge >= 0.3 is 6.03 Å². The maximum Gasteiger partial charge on any atom is 0.335 e. The van der Waals surface area contributed by atoms with E-state index < -0.39 is 22.8 Å². The highest BCUT2D eigenvalue weighted by atomic mass is 16.6. The Morgan fingerprint density at radius 3 is 2.06 bits per heavy atom. The minimum absolute atomic E-state index is 0.0536. The lowest BCUT2D eigenvalue weighted by Gasteiger charge is -2.26. The van der Waals surface area contributed by atoms with E-state index in [9.17, 15) is 24.5 Å². The van der Waals surface area contributed by atoms with Crippen molar-refractivity contribution in [2.24, 2.45) is 0 Å². The van der Waals surface area contributed by atoms with Crippen LogP contribution in [0.5, 0.6) is 23.0 Å². The molecule has 1 aliphatic heterocycles. The monoisotopic (exact) mass is 637 g/mol. The van der Waals surface area contributed by atoms with E-state index in [4.69, 9.17) is 18.9 Å². The van der Waals surface area contributed by atoms with Crippen LogP contribution in [0, 0.1) is 10.1 Å². The molecule has 4 aromatic carbocycles. The highest BCUT2D eigenvalue weighted by Gasteiger charge is 2.37. The van der Waals surface area contributed by atoms with Crippen molar-refractivity contribution in [2.75, 3.05) is 18.1 Å². The number of rotatable bonds is 13. The first kappa shape index (κ1) is 32.2. The van der Waals surface area contributed by atoms with Gasteiger partial charge in [-0.15, -0.1) is 0 Å². The second-order valence-electron chi connectivity index (χ2n) is 10.2. The highest BCUT2D eigenvalue weighted by Crippen LogP contribution is 2.33. The maximum atomic E-state index is 13.3. The molecular weight excluding hydrogens is 606 g/mol. The molecular formula is C35H31N3O9. The average Bonchev–Trinajstić information content (AvgIpc) is 3.06. The van der Waals surface area contributed by atoms with Crippen LogP contribution in [-0.4, -0.2) is 36.0 Å². The molecule has 0 aliphatic carbocycles. The van der Waals surface area contributed by atoms with Gasteiger partial charge in [0.25, 0.3) is 17.5 Å². The predicted octanol–water partition coefficient (Wildman–Crippen LogP) is 6.22. The summed E-state index contributed by atoms with van der Waals surface area (Å²) < 4.78 is 23.7. The molecule has 4 amide bonds. The second kappa shape index (κ2) is 14.7. The van der Waals surface area contributed by atoms with E-state index in [0.717, 1.165) is 17.2 Å². The molecule has 1 saturated heterocycles. The van der Waals surface area contributed by atoms with Crippen molar-refractivity contribution in [3.8, 4) is 23.0 Å². The van der Waals surface area contributed by atoms with Gasteiger partial charge in [0.1, 0.15) is 18.8 Å². The molecule has 0 spiro atoms. The zero-order valence-electron chi connectivity index (χ0n) is 25.6. The third-order valence-electron chi connectivity index (χ3n) is 6.92. The van der Waals surface area contributed by atoms with Gasteiger partial charge in [0, 0.05) is 12.1 Å². The minimum atomic E-state index is -1.01. The second-order valence-corrected chi connectivity index (χ2v) is 10.2. The number of barbiturate groups is 1. The van der Waals surface area contributed by atoms with Gasteiger partial charge < -0.3 is 18.9 Å². The summed E-state index contributed by atoms with van der Waals surface area (Å²) in [6.45, 7) is 5.04. The normalized spacial score (nSPS) is 13.7. The van der Waals surface area contributed by atoms with Crippen LogP contribution in [-0.2, 0) is 22.8 Å². The van der Waals surface area contributed by atoms with Crippen molar-refractivity contribution < 1.29 is 38.3 Å². The lowest BCUT2D eigenvalue weighted by Crippen LogP contribution is -2.54. The Balaban J connectivity index is 1.34. The SMILES string of the molecule is CCOc1cc(/C=C2/C(=O)NC(=O)N(c3cccc([N+](=O)[O-])c3)C2=O)ccc1OCc1ccc(OCc2ccccc2)c(OCC)c1. The molecule has 5 rings (SSSR count). The molecule has 1 aliphatic rings. The molecule has 0 saturated carbocycles. The number of carbonyl (C=O) groups excluding carboxylic acids is 3. The van der Waals surface area contributed by atoms with E-state index in [1.807, 2.05) is 55.5 Å². The largest absolute Gasteiger partial charge is 0.490 e. The quantitative estimate of drug-likeness (QED) is 0.0781. The van der Waals surface area contributed by atoms with Crippen LogP contribution < -0.4 is 29.2 Å². The Kier molecular flexibility index (Phi) is 10.1. The number of hydrogen-bond acceptors (Lipinski definition) is 9. The summed E-state index contributed by atoms with van der Waals surface area (Å²) in [5.41, 5.74) is 1.57. The number of benzene rings is 4. The number of nitro groups is 1.